The van der Waals surface area contributed by atoms with Gasteiger partial charge in [-0.15, -0.1) is 0 Å². The van der Waals surface area contributed by atoms with E-state index in [0.717, 1.165) is 10.2 Å². The van der Waals surface area contributed by atoms with E-state index >= 15 is 0 Å². The number of nitrogens with one attached hydrogen (secondary N) is 1. The molecule has 0 saturated heterocycles. The van der Waals surface area contributed by atoms with Gasteiger partial charge in [0.1, 0.15) is 17.8 Å². The number of aromatic nitrogens is 2. The number of aldehydes is 1. The molecule has 4 N–H and O–H groups in total. The van der Waals surface area contributed by atoms with Crippen molar-refractivity contribution < 1.29 is 14.7 Å². The summed E-state index contributed by atoms with van der Waals surface area (Å²) < 4.78 is 0.905. The maximum absolute atomic E-state index is 11.3. The highest BCUT2D eigenvalue weighted by Crippen LogP contribution is 2.27. The molecule has 2 aromatic carbocycles. The first kappa shape index (κ1) is 17.6. The highest BCUT2D eigenvalue weighted by molar-refractivity contribution is 9.10. The van der Waals surface area contributed by atoms with E-state index in [2.05, 4.69) is 31.2 Å². The van der Waals surface area contributed by atoms with E-state index in [9.17, 15) is 9.59 Å². The fraction of sp³-hybridized carbons (Fsp3) is 0. The number of rotatable bonds is 5. The van der Waals surface area contributed by atoms with E-state index in [-0.39, 0.29) is 5.57 Å². The average Bonchev–Trinajstić information content (AvgIpc) is 2.62. The second kappa shape index (κ2) is 7.32. The fourth-order valence-corrected chi connectivity index (χ4v) is 2.83. The fourth-order valence-electron chi connectivity index (χ4n) is 2.43. The molecule has 0 aliphatic carbocycles. The minimum atomic E-state index is -1.36. The zero-order valence-electron chi connectivity index (χ0n) is 13.3. The van der Waals surface area contributed by atoms with Crippen LogP contribution in [0.2, 0.25) is 0 Å². The molecule has 0 aliphatic rings. The van der Waals surface area contributed by atoms with Gasteiger partial charge in [-0.25, -0.2) is 14.8 Å². The molecule has 3 rings (SSSR count). The quantitative estimate of drug-likeness (QED) is 0.435. The van der Waals surface area contributed by atoms with Crippen LogP contribution in [0.25, 0.3) is 16.5 Å². The van der Waals surface area contributed by atoms with Crippen molar-refractivity contribution in [3.8, 4) is 0 Å². The first-order valence-electron chi connectivity index (χ1n) is 7.45. The maximum atomic E-state index is 11.3. The maximum Gasteiger partial charge on any atom is 0.352 e. The Labute approximate surface area is 156 Å². The van der Waals surface area contributed by atoms with Gasteiger partial charge in [0, 0.05) is 15.5 Å². The van der Waals surface area contributed by atoms with Crippen molar-refractivity contribution in [2.24, 2.45) is 5.73 Å². The first-order valence-corrected chi connectivity index (χ1v) is 8.25. The Hall–Kier alpha value is -3.26. The molecule has 0 radical (unpaired) electrons. The smallest absolute Gasteiger partial charge is 0.352 e. The van der Waals surface area contributed by atoms with Gasteiger partial charge in [-0.1, -0.05) is 28.1 Å². The number of nitrogens with two attached hydrogens (primary N) is 1. The lowest BCUT2D eigenvalue weighted by Gasteiger charge is -2.10. The van der Waals surface area contributed by atoms with Gasteiger partial charge in [-0.3, -0.25) is 4.79 Å². The number of carbonyl (C=O) groups excluding carboxylic acids is 1. The van der Waals surface area contributed by atoms with E-state index in [1.807, 2.05) is 24.3 Å². The monoisotopic (exact) mass is 412 g/mol. The molecular formula is C18H13BrN4O3. The highest BCUT2D eigenvalue weighted by Gasteiger charge is 2.14. The predicted molar refractivity (Wildman–Crippen MR) is 102 cm³/mol. The van der Waals surface area contributed by atoms with Crippen molar-refractivity contribution in [2.75, 3.05) is 5.32 Å². The van der Waals surface area contributed by atoms with E-state index in [0.29, 0.717) is 28.6 Å². The average molecular weight is 413 g/mol. The number of carboxylic acids is 1. The van der Waals surface area contributed by atoms with Crippen molar-refractivity contribution in [3.63, 3.8) is 0 Å². The summed E-state index contributed by atoms with van der Waals surface area (Å²) in [5, 5.41) is 12.9. The Morgan fingerprint density at radius 1 is 1.19 bits per heavy atom. The molecule has 8 heteroatoms. The number of hydrogen-bond donors (Lipinski definition) is 3. The third-order valence-electron chi connectivity index (χ3n) is 3.67. The Balaban J connectivity index is 2.13. The summed E-state index contributed by atoms with van der Waals surface area (Å²) in [5.41, 5.74) is 6.73. The molecule has 26 heavy (non-hydrogen) atoms. The van der Waals surface area contributed by atoms with Crippen molar-refractivity contribution >= 4 is 56.2 Å². The Bertz CT molecular complexity index is 1050. The molecule has 0 amide bonds. The van der Waals surface area contributed by atoms with Gasteiger partial charge < -0.3 is 16.2 Å². The van der Waals surface area contributed by atoms with Gasteiger partial charge in [0.15, 0.2) is 6.29 Å². The zero-order valence-corrected chi connectivity index (χ0v) is 14.9. The summed E-state index contributed by atoms with van der Waals surface area (Å²) in [4.78, 5) is 30.9. The van der Waals surface area contributed by atoms with Crippen LogP contribution in [0, 0.1) is 0 Å². The number of carbonyl (C=O) groups is 2. The molecule has 0 spiro atoms. The lowest BCUT2D eigenvalue weighted by Crippen LogP contribution is -2.13. The van der Waals surface area contributed by atoms with Crippen molar-refractivity contribution in [3.05, 3.63) is 64.5 Å². The summed E-state index contributed by atoms with van der Waals surface area (Å²) in [6, 6.07) is 12.4. The molecule has 1 heterocycles. The predicted octanol–water partition coefficient (Wildman–Crippen LogP) is 3.09. The summed E-state index contributed by atoms with van der Waals surface area (Å²) >= 11 is 3.41. The van der Waals surface area contributed by atoms with E-state index < -0.39 is 11.7 Å². The minimum Gasteiger partial charge on any atom is -0.477 e. The summed E-state index contributed by atoms with van der Waals surface area (Å²) in [5.74, 6) is -0.835. The number of hydrogen-bond acceptors (Lipinski definition) is 6. The first-order chi connectivity index (χ1) is 12.5. The number of allylic oxidation sites excluding steroid dienone is 1. The van der Waals surface area contributed by atoms with Crippen LogP contribution in [0.1, 0.15) is 5.56 Å². The standard InChI is InChI=1S/C18H13BrN4O3/c19-11-2-1-3-12(7-11)23-17-13-6-10(4-5-15(13)21-9-22-17)14(8-24)16(20)18(25)26/h1-9H,20H2,(H,25,26)(H,21,22,23). The summed E-state index contributed by atoms with van der Waals surface area (Å²) in [6.45, 7) is 0. The number of fused-ring (bicyclic) bond motifs is 1. The van der Waals surface area contributed by atoms with Crippen LogP contribution in [0.15, 0.2) is 59.0 Å². The largest absolute Gasteiger partial charge is 0.477 e. The number of carboxylic acid groups (broad SMARTS) is 1. The molecule has 0 bridgehead atoms. The topological polar surface area (TPSA) is 118 Å². The molecule has 0 atom stereocenters. The van der Waals surface area contributed by atoms with Crippen molar-refractivity contribution in [1.82, 2.24) is 9.97 Å². The Kier molecular flexibility index (Phi) is 4.94. The van der Waals surface area contributed by atoms with Crippen LogP contribution in [0.5, 0.6) is 0 Å². The van der Waals surface area contributed by atoms with Gasteiger partial charge in [-0.05, 0) is 35.9 Å². The highest BCUT2D eigenvalue weighted by atomic mass is 79.9. The second-order valence-corrected chi connectivity index (χ2v) is 6.26. The number of aliphatic carboxylic acids is 1. The van der Waals surface area contributed by atoms with Gasteiger partial charge in [0.05, 0.1) is 11.1 Å². The number of anilines is 2. The summed E-state index contributed by atoms with van der Waals surface area (Å²) in [7, 11) is 0. The normalized spacial score (nSPS) is 11.7. The molecule has 0 unspecified atom stereocenters. The SMILES string of the molecule is NC(C(=O)O)=C(C=O)c1ccc2ncnc(Nc3cccc(Br)c3)c2c1. The van der Waals surface area contributed by atoms with Gasteiger partial charge >= 0.3 is 5.97 Å². The molecule has 1 aromatic heterocycles. The van der Waals surface area contributed by atoms with Crippen LogP contribution >= 0.6 is 15.9 Å². The van der Waals surface area contributed by atoms with Crippen LogP contribution in [0.4, 0.5) is 11.5 Å². The third kappa shape index (κ3) is 3.55. The molecule has 7 nitrogen and oxygen atoms in total. The molecule has 0 saturated carbocycles. The third-order valence-corrected chi connectivity index (χ3v) is 4.17. The summed E-state index contributed by atoms with van der Waals surface area (Å²) in [6.07, 6.45) is 1.85. The lowest BCUT2D eigenvalue weighted by atomic mass is 10.0. The molecule has 0 fully saturated rings. The molecule has 130 valence electrons. The van der Waals surface area contributed by atoms with Crippen LogP contribution in [-0.2, 0) is 9.59 Å². The van der Waals surface area contributed by atoms with Crippen LogP contribution in [0.3, 0.4) is 0 Å². The van der Waals surface area contributed by atoms with Crippen molar-refractivity contribution in [1.29, 1.82) is 0 Å². The van der Waals surface area contributed by atoms with Gasteiger partial charge in [0.2, 0.25) is 0 Å². The number of benzene rings is 2. The molecule has 3 aromatic rings. The van der Waals surface area contributed by atoms with Crippen LogP contribution < -0.4 is 11.1 Å². The zero-order chi connectivity index (χ0) is 18.7. The Morgan fingerprint density at radius 2 is 2.00 bits per heavy atom. The molecule has 0 aliphatic heterocycles. The van der Waals surface area contributed by atoms with Crippen LogP contribution in [-0.4, -0.2) is 27.3 Å². The van der Waals surface area contributed by atoms with E-state index in [4.69, 9.17) is 10.8 Å². The van der Waals surface area contributed by atoms with E-state index in [1.165, 1.54) is 6.33 Å². The van der Waals surface area contributed by atoms with E-state index in [1.54, 1.807) is 18.2 Å². The lowest BCUT2D eigenvalue weighted by molar-refractivity contribution is -0.132. The Morgan fingerprint density at radius 3 is 2.69 bits per heavy atom. The molecular weight excluding hydrogens is 400 g/mol. The van der Waals surface area contributed by atoms with Crippen molar-refractivity contribution in [2.45, 2.75) is 0 Å². The van der Waals surface area contributed by atoms with Gasteiger partial charge in [0.25, 0.3) is 0 Å². The second-order valence-electron chi connectivity index (χ2n) is 5.34. The minimum absolute atomic E-state index is 0.100. The number of nitrogens with zero attached hydrogens (tertiary/aromatic N) is 2. The van der Waals surface area contributed by atoms with Gasteiger partial charge in [-0.2, -0.15) is 0 Å². The number of halogens is 1.